The fourth-order valence-corrected chi connectivity index (χ4v) is 3.28. The van der Waals surface area contributed by atoms with Crippen molar-refractivity contribution < 1.29 is 14.4 Å². The van der Waals surface area contributed by atoms with E-state index < -0.39 is 17.8 Å². The van der Waals surface area contributed by atoms with E-state index in [2.05, 4.69) is 4.98 Å². The van der Waals surface area contributed by atoms with Crippen LogP contribution >= 0.6 is 0 Å². The molecule has 1 aliphatic heterocycles. The Morgan fingerprint density at radius 2 is 1.77 bits per heavy atom. The SMILES string of the molecule is CC(=O)N(C(=O)c1ccccn1)C(=O)N1CCCCC1c1ccccc1. The molecule has 3 rings (SSSR count). The fourth-order valence-electron chi connectivity index (χ4n) is 3.28. The average Bonchev–Trinajstić information content (AvgIpc) is 2.69. The van der Waals surface area contributed by atoms with E-state index in [9.17, 15) is 14.4 Å². The van der Waals surface area contributed by atoms with Crippen LogP contribution in [0.4, 0.5) is 4.79 Å². The summed E-state index contributed by atoms with van der Waals surface area (Å²) in [6.45, 7) is 1.73. The molecule has 4 amide bonds. The van der Waals surface area contributed by atoms with Gasteiger partial charge < -0.3 is 4.90 Å². The van der Waals surface area contributed by atoms with Crippen molar-refractivity contribution >= 4 is 17.8 Å². The summed E-state index contributed by atoms with van der Waals surface area (Å²) in [5.41, 5.74) is 1.08. The van der Waals surface area contributed by atoms with Crippen molar-refractivity contribution in [3.8, 4) is 0 Å². The molecule has 0 spiro atoms. The van der Waals surface area contributed by atoms with E-state index in [1.54, 1.807) is 17.0 Å². The molecular formula is C20H21N3O3. The molecule has 0 saturated carbocycles. The predicted molar refractivity (Wildman–Crippen MR) is 96.2 cm³/mol. The zero-order valence-electron chi connectivity index (χ0n) is 14.7. The van der Waals surface area contributed by atoms with Crippen LogP contribution in [0.15, 0.2) is 54.7 Å². The van der Waals surface area contributed by atoms with Gasteiger partial charge in [0.25, 0.3) is 5.91 Å². The normalized spacial score (nSPS) is 16.8. The average molecular weight is 351 g/mol. The highest BCUT2D eigenvalue weighted by molar-refractivity contribution is 6.14. The Labute approximate surface area is 152 Å². The van der Waals surface area contributed by atoms with Gasteiger partial charge in [0.05, 0.1) is 6.04 Å². The third-order valence-electron chi connectivity index (χ3n) is 4.53. The standard InChI is InChI=1S/C20H21N3O3/c1-15(24)23(19(25)17-11-5-7-13-21-17)20(26)22-14-8-6-12-18(22)16-9-3-2-4-10-16/h2-5,7,9-11,13,18H,6,8,12,14H2,1H3. The van der Waals surface area contributed by atoms with Crippen LogP contribution in [-0.4, -0.2) is 39.2 Å². The van der Waals surface area contributed by atoms with E-state index in [0.717, 1.165) is 24.8 Å². The lowest BCUT2D eigenvalue weighted by atomic mass is 9.95. The fraction of sp³-hybridized carbons (Fsp3) is 0.300. The molecule has 1 atom stereocenters. The lowest BCUT2D eigenvalue weighted by Crippen LogP contribution is -2.51. The largest absolute Gasteiger partial charge is 0.334 e. The first-order chi connectivity index (χ1) is 12.6. The molecule has 1 fully saturated rings. The summed E-state index contributed by atoms with van der Waals surface area (Å²) in [7, 11) is 0. The van der Waals surface area contributed by atoms with Gasteiger partial charge in [-0.25, -0.2) is 4.79 Å². The molecule has 1 saturated heterocycles. The molecule has 0 radical (unpaired) electrons. The summed E-state index contributed by atoms with van der Waals surface area (Å²) in [6, 6.07) is 13.8. The Balaban J connectivity index is 1.90. The molecule has 134 valence electrons. The van der Waals surface area contributed by atoms with Crippen LogP contribution in [0.5, 0.6) is 0 Å². The molecule has 6 heteroatoms. The van der Waals surface area contributed by atoms with Crippen LogP contribution < -0.4 is 0 Å². The minimum Gasteiger partial charge on any atom is -0.317 e. The number of hydrogen-bond donors (Lipinski definition) is 0. The number of imide groups is 3. The maximum Gasteiger partial charge on any atom is 0.334 e. The second-order valence-corrected chi connectivity index (χ2v) is 6.27. The van der Waals surface area contributed by atoms with Crippen molar-refractivity contribution in [3.05, 3.63) is 66.0 Å². The first-order valence-electron chi connectivity index (χ1n) is 8.71. The highest BCUT2D eigenvalue weighted by Gasteiger charge is 2.36. The minimum absolute atomic E-state index is 0.0734. The summed E-state index contributed by atoms with van der Waals surface area (Å²) < 4.78 is 0. The molecule has 0 bridgehead atoms. The van der Waals surface area contributed by atoms with Crippen molar-refractivity contribution in [1.29, 1.82) is 0 Å². The molecule has 1 aromatic carbocycles. The topological polar surface area (TPSA) is 70.6 Å². The van der Waals surface area contributed by atoms with Crippen molar-refractivity contribution in [2.45, 2.75) is 32.2 Å². The van der Waals surface area contributed by atoms with Gasteiger partial charge in [-0.15, -0.1) is 0 Å². The Bertz CT molecular complexity index is 792. The molecule has 6 nitrogen and oxygen atoms in total. The summed E-state index contributed by atoms with van der Waals surface area (Å²) >= 11 is 0. The van der Waals surface area contributed by atoms with Crippen molar-refractivity contribution in [1.82, 2.24) is 14.8 Å². The number of carbonyl (C=O) groups is 3. The zero-order valence-corrected chi connectivity index (χ0v) is 14.7. The maximum absolute atomic E-state index is 13.1. The lowest BCUT2D eigenvalue weighted by molar-refractivity contribution is -0.124. The van der Waals surface area contributed by atoms with Gasteiger partial charge in [-0.3, -0.25) is 14.6 Å². The number of urea groups is 1. The number of piperidine rings is 1. The number of pyridine rings is 1. The summed E-state index contributed by atoms with van der Waals surface area (Å²) in [4.78, 5) is 44.2. The van der Waals surface area contributed by atoms with Crippen LogP contribution in [0, 0.1) is 0 Å². The number of carbonyl (C=O) groups excluding carboxylic acids is 3. The van der Waals surface area contributed by atoms with Gasteiger partial charge in [0.15, 0.2) is 0 Å². The number of rotatable bonds is 2. The molecule has 1 aromatic heterocycles. The smallest absolute Gasteiger partial charge is 0.317 e. The molecule has 0 aliphatic carbocycles. The molecule has 2 heterocycles. The Kier molecular flexibility index (Phi) is 5.41. The highest BCUT2D eigenvalue weighted by atomic mass is 16.2. The zero-order chi connectivity index (χ0) is 18.5. The van der Waals surface area contributed by atoms with Gasteiger partial charge >= 0.3 is 6.03 Å². The lowest BCUT2D eigenvalue weighted by Gasteiger charge is -2.38. The van der Waals surface area contributed by atoms with Gasteiger partial charge in [-0.05, 0) is 37.0 Å². The quantitative estimate of drug-likeness (QED) is 0.831. The number of benzene rings is 1. The van der Waals surface area contributed by atoms with Crippen molar-refractivity contribution in [2.75, 3.05) is 6.54 Å². The van der Waals surface area contributed by atoms with E-state index in [-0.39, 0.29) is 11.7 Å². The minimum atomic E-state index is -0.694. The van der Waals surface area contributed by atoms with Crippen LogP contribution in [0.25, 0.3) is 0 Å². The number of hydrogen-bond acceptors (Lipinski definition) is 4. The first-order valence-corrected chi connectivity index (χ1v) is 8.71. The van der Waals surface area contributed by atoms with E-state index in [0.29, 0.717) is 11.4 Å². The maximum atomic E-state index is 13.1. The van der Waals surface area contributed by atoms with Gasteiger partial charge in [0, 0.05) is 19.7 Å². The molecule has 1 aliphatic rings. The van der Waals surface area contributed by atoms with Crippen molar-refractivity contribution in [2.24, 2.45) is 0 Å². The van der Waals surface area contributed by atoms with E-state index >= 15 is 0 Å². The molecular weight excluding hydrogens is 330 g/mol. The number of nitrogens with zero attached hydrogens (tertiary/aromatic N) is 3. The van der Waals surface area contributed by atoms with Gasteiger partial charge in [0.1, 0.15) is 5.69 Å². The third-order valence-corrected chi connectivity index (χ3v) is 4.53. The predicted octanol–water partition coefficient (Wildman–Crippen LogP) is 3.42. The highest BCUT2D eigenvalue weighted by Crippen LogP contribution is 2.31. The van der Waals surface area contributed by atoms with E-state index in [4.69, 9.17) is 0 Å². The third kappa shape index (κ3) is 3.64. The summed E-state index contributed by atoms with van der Waals surface area (Å²) in [6.07, 6.45) is 4.11. The van der Waals surface area contributed by atoms with Crippen LogP contribution in [0.1, 0.15) is 48.3 Å². The molecule has 2 aromatic rings. The van der Waals surface area contributed by atoms with Crippen molar-refractivity contribution in [3.63, 3.8) is 0 Å². The van der Waals surface area contributed by atoms with E-state index in [1.807, 2.05) is 30.3 Å². The molecule has 26 heavy (non-hydrogen) atoms. The second-order valence-electron chi connectivity index (χ2n) is 6.27. The van der Waals surface area contributed by atoms with Gasteiger partial charge in [-0.2, -0.15) is 4.90 Å². The van der Waals surface area contributed by atoms with Crippen LogP contribution in [0.3, 0.4) is 0 Å². The van der Waals surface area contributed by atoms with Crippen LogP contribution in [-0.2, 0) is 4.79 Å². The number of amides is 4. The van der Waals surface area contributed by atoms with Gasteiger partial charge in [-0.1, -0.05) is 36.4 Å². The van der Waals surface area contributed by atoms with Crippen LogP contribution in [0.2, 0.25) is 0 Å². The monoisotopic (exact) mass is 351 g/mol. The summed E-state index contributed by atoms with van der Waals surface area (Å²) in [5.74, 6) is -1.30. The summed E-state index contributed by atoms with van der Waals surface area (Å²) in [5, 5.41) is 0. The Morgan fingerprint density at radius 3 is 2.42 bits per heavy atom. The van der Waals surface area contributed by atoms with Gasteiger partial charge in [0.2, 0.25) is 5.91 Å². The molecule has 1 unspecified atom stereocenters. The molecule has 0 N–H and O–H groups in total. The Morgan fingerprint density at radius 1 is 1.04 bits per heavy atom. The number of likely N-dealkylation sites (tertiary alicyclic amines) is 1. The van der Waals surface area contributed by atoms with E-state index in [1.165, 1.54) is 19.2 Å². The first kappa shape index (κ1) is 17.8. The Hall–Kier alpha value is -3.02. The number of aromatic nitrogens is 1. The second kappa shape index (κ2) is 7.91.